The van der Waals surface area contributed by atoms with Gasteiger partial charge in [-0.2, -0.15) is 5.10 Å². The van der Waals surface area contributed by atoms with E-state index in [0.29, 0.717) is 28.9 Å². The van der Waals surface area contributed by atoms with Crippen LogP contribution in [0.5, 0.6) is 0 Å². The largest absolute Gasteiger partial charge is 0.326 e. The molecule has 27 heavy (non-hydrogen) atoms. The number of imidazole rings is 1. The second kappa shape index (κ2) is 6.40. The molecule has 0 radical (unpaired) electrons. The van der Waals surface area contributed by atoms with Crippen molar-refractivity contribution in [3.8, 4) is 0 Å². The van der Waals surface area contributed by atoms with Gasteiger partial charge in [-0.3, -0.25) is 14.5 Å². The van der Waals surface area contributed by atoms with E-state index in [9.17, 15) is 9.59 Å². The number of amides is 1. The Morgan fingerprint density at radius 2 is 1.93 bits per heavy atom. The summed E-state index contributed by atoms with van der Waals surface area (Å²) in [5.41, 5.74) is 3.07. The van der Waals surface area contributed by atoms with Crippen LogP contribution in [-0.2, 0) is 0 Å². The molecule has 0 aliphatic heterocycles. The van der Waals surface area contributed by atoms with Gasteiger partial charge in [-0.05, 0) is 43.9 Å². The summed E-state index contributed by atoms with van der Waals surface area (Å²) in [7, 11) is 0. The summed E-state index contributed by atoms with van der Waals surface area (Å²) in [6.45, 7) is 0. The number of aromatic nitrogens is 4. The molecule has 2 aliphatic rings. The summed E-state index contributed by atoms with van der Waals surface area (Å²) in [4.78, 5) is 27.6. The number of carbonyl (C=O) groups excluding carboxylic acids is 1. The summed E-state index contributed by atoms with van der Waals surface area (Å²) < 4.78 is 1.79. The molecule has 2 heterocycles. The van der Waals surface area contributed by atoms with E-state index in [-0.39, 0.29) is 11.6 Å². The lowest BCUT2D eigenvalue weighted by Gasteiger charge is -2.19. The third kappa shape index (κ3) is 3.07. The number of benzene rings is 1. The molecule has 2 aliphatic carbocycles. The highest BCUT2D eigenvalue weighted by Crippen LogP contribution is 2.36. The summed E-state index contributed by atoms with van der Waals surface area (Å²) in [6, 6.07) is 7.59. The van der Waals surface area contributed by atoms with Gasteiger partial charge < -0.3 is 10.3 Å². The molecule has 7 heteroatoms. The van der Waals surface area contributed by atoms with Crippen molar-refractivity contribution in [1.82, 2.24) is 19.7 Å². The van der Waals surface area contributed by atoms with Crippen LogP contribution < -0.4 is 11.0 Å². The Balaban J connectivity index is 1.35. The van der Waals surface area contributed by atoms with Crippen molar-refractivity contribution >= 4 is 22.8 Å². The average molecular weight is 365 g/mol. The van der Waals surface area contributed by atoms with Crippen molar-refractivity contribution in [2.24, 2.45) is 0 Å². The second-order valence-electron chi connectivity index (χ2n) is 7.76. The molecule has 1 aromatic carbocycles. The van der Waals surface area contributed by atoms with E-state index in [4.69, 9.17) is 0 Å². The molecule has 0 spiro atoms. The minimum absolute atomic E-state index is 0.102. The van der Waals surface area contributed by atoms with Crippen molar-refractivity contribution in [2.45, 2.75) is 56.9 Å². The summed E-state index contributed by atoms with van der Waals surface area (Å²) in [5.74, 6) is 0.837. The second-order valence-corrected chi connectivity index (χ2v) is 7.76. The quantitative estimate of drug-likeness (QED) is 0.658. The smallest absolute Gasteiger partial charge is 0.306 e. The Labute approximate surface area is 156 Å². The predicted octanol–water partition coefficient (Wildman–Crippen LogP) is 3.69. The van der Waals surface area contributed by atoms with Gasteiger partial charge >= 0.3 is 5.69 Å². The van der Waals surface area contributed by atoms with Gasteiger partial charge in [0.1, 0.15) is 0 Å². The predicted molar refractivity (Wildman–Crippen MR) is 103 cm³/mol. The van der Waals surface area contributed by atoms with Crippen LogP contribution >= 0.6 is 0 Å². The number of hydrogen-bond donors (Lipinski definition) is 3. The molecular formula is C20H23N5O2. The van der Waals surface area contributed by atoms with Gasteiger partial charge in [0.25, 0.3) is 5.91 Å². The molecule has 1 amide bonds. The first-order chi connectivity index (χ1) is 13.2. The number of fused-ring (bicyclic) bond motifs is 1. The highest BCUT2D eigenvalue weighted by Gasteiger charge is 2.27. The third-order valence-corrected chi connectivity index (χ3v) is 5.77. The van der Waals surface area contributed by atoms with E-state index < -0.39 is 0 Å². The normalized spacial score (nSPS) is 18.1. The topological polar surface area (TPSA) is 95.6 Å². The molecular weight excluding hydrogens is 342 g/mol. The van der Waals surface area contributed by atoms with Crippen molar-refractivity contribution in [2.75, 3.05) is 5.32 Å². The maximum absolute atomic E-state index is 12.6. The van der Waals surface area contributed by atoms with Crippen LogP contribution in [0.3, 0.4) is 0 Å². The minimum atomic E-state index is -0.224. The van der Waals surface area contributed by atoms with Crippen molar-refractivity contribution in [3.05, 3.63) is 46.0 Å². The van der Waals surface area contributed by atoms with Crippen molar-refractivity contribution in [1.29, 1.82) is 0 Å². The van der Waals surface area contributed by atoms with Crippen LogP contribution in [0.4, 0.5) is 5.82 Å². The number of rotatable bonds is 4. The summed E-state index contributed by atoms with van der Waals surface area (Å²) >= 11 is 0. The average Bonchev–Trinajstić information content (AvgIpc) is 3.31. The number of nitrogens with one attached hydrogen (secondary N) is 3. The van der Waals surface area contributed by atoms with E-state index >= 15 is 0 Å². The minimum Gasteiger partial charge on any atom is -0.306 e. The fourth-order valence-corrected chi connectivity index (χ4v) is 4.18. The SMILES string of the molecule is O=C(Nc1cc(C2CCCCC2)[nH]n1)c1ccc2c(c1)[nH]c(=O)n2C1CC1. The van der Waals surface area contributed by atoms with Crippen molar-refractivity contribution in [3.63, 3.8) is 0 Å². The molecule has 3 aromatic rings. The Hall–Kier alpha value is -2.83. The van der Waals surface area contributed by atoms with E-state index in [1.54, 1.807) is 16.7 Å². The Morgan fingerprint density at radius 1 is 1.11 bits per heavy atom. The van der Waals surface area contributed by atoms with Gasteiger partial charge in [-0.15, -0.1) is 0 Å². The number of hydrogen-bond acceptors (Lipinski definition) is 3. The number of anilines is 1. The molecule has 140 valence electrons. The summed E-state index contributed by atoms with van der Waals surface area (Å²) in [6.07, 6.45) is 8.25. The van der Waals surface area contributed by atoms with Gasteiger partial charge in [0.05, 0.1) is 11.0 Å². The van der Waals surface area contributed by atoms with Gasteiger partial charge in [0.15, 0.2) is 5.82 Å². The zero-order chi connectivity index (χ0) is 18.4. The van der Waals surface area contributed by atoms with Crippen LogP contribution in [0.1, 0.15) is 73.0 Å². The van der Waals surface area contributed by atoms with Crippen LogP contribution in [0.25, 0.3) is 11.0 Å². The monoisotopic (exact) mass is 365 g/mol. The molecule has 3 N–H and O–H groups in total. The highest BCUT2D eigenvalue weighted by molar-refractivity contribution is 6.05. The van der Waals surface area contributed by atoms with E-state index in [1.165, 1.54) is 32.1 Å². The van der Waals surface area contributed by atoms with Crippen LogP contribution in [0.15, 0.2) is 29.1 Å². The maximum atomic E-state index is 12.6. The molecule has 7 nitrogen and oxygen atoms in total. The summed E-state index contributed by atoms with van der Waals surface area (Å²) in [5, 5.41) is 10.2. The van der Waals surface area contributed by atoms with Gasteiger partial charge in [-0.1, -0.05) is 19.3 Å². The maximum Gasteiger partial charge on any atom is 0.326 e. The lowest BCUT2D eigenvalue weighted by Crippen LogP contribution is -2.14. The molecule has 0 atom stereocenters. The molecule has 0 saturated heterocycles. The fraction of sp³-hybridized carbons (Fsp3) is 0.450. The molecule has 0 unspecified atom stereocenters. The van der Waals surface area contributed by atoms with E-state index in [2.05, 4.69) is 20.5 Å². The van der Waals surface area contributed by atoms with Gasteiger partial charge in [-0.25, -0.2) is 4.79 Å². The van der Waals surface area contributed by atoms with Gasteiger partial charge in [0.2, 0.25) is 0 Å². The zero-order valence-corrected chi connectivity index (χ0v) is 15.1. The first-order valence-corrected chi connectivity index (χ1v) is 9.80. The Morgan fingerprint density at radius 3 is 2.70 bits per heavy atom. The first kappa shape index (κ1) is 16.4. The lowest BCUT2D eigenvalue weighted by molar-refractivity contribution is 0.102. The molecule has 5 rings (SSSR count). The van der Waals surface area contributed by atoms with Crippen LogP contribution in [0, 0.1) is 0 Å². The molecule has 0 bridgehead atoms. The standard InChI is InChI=1S/C20H23N5O2/c26-19(22-18-11-15(23-24-18)12-4-2-1-3-5-12)13-6-9-17-16(10-13)21-20(27)25(17)14-7-8-14/h6,9-12,14H,1-5,7-8H2,(H,21,27)(H2,22,23,24,26). The zero-order valence-electron chi connectivity index (χ0n) is 15.1. The Kier molecular flexibility index (Phi) is 3.88. The molecule has 2 saturated carbocycles. The fourth-order valence-electron chi connectivity index (χ4n) is 4.18. The van der Waals surface area contributed by atoms with E-state index in [0.717, 1.165) is 24.1 Å². The molecule has 2 fully saturated rings. The van der Waals surface area contributed by atoms with Gasteiger partial charge in [0, 0.05) is 29.3 Å². The molecule has 2 aromatic heterocycles. The first-order valence-electron chi connectivity index (χ1n) is 9.80. The lowest BCUT2D eigenvalue weighted by atomic mass is 9.87. The van der Waals surface area contributed by atoms with Crippen molar-refractivity contribution < 1.29 is 4.79 Å². The Bertz CT molecular complexity index is 1050. The third-order valence-electron chi connectivity index (χ3n) is 5.77. The van der Waals surface area contributed by atoms with E-state index in [1.807, 2.05) is 12.1 Å². The van der Waals surface area contributed by atoms with Crippen LogP contribution in [0.2, 0.25) is 0 Å². The van der Waals surface area contributed by atoms with Crippen LogP contribution in [-0.4, -0.2) is 25.7 Å². The highest BCUT2D eigenvalue weighted by atomic mass is 16.2. The number of carbonyl (C=O) groups is 1. The number of nitrogens with zero attached hydrogens (tertiary/aromatic N) is 2. The number of aromatic amines is 2. The number of H-pyrrole nitrogens is 2.